The Morgan fingerprint density at radius 2 is 2.20 bits per heavy atom. The summed E-state index contributed by atoms with van der Waals surface area (Å²) in [5.74, 6) is 0. The molecule has 0 saturated heterocycles. The lowest BCUT2D eigenvalue weighted by Crippen LogP contribution is -1.84. The van der Waals surface area contributed by atoms with E-state index in [4.69, 9.17) is 5.11 Å². The van der Waals surface area contributed by atoms with Crippen molar-refractivity contribution in [2.24, 2.45) is 0 Å². The summed E-state index contributed by atoms with van der Waals surface area (Å²) in [6, 6.07) is 0. The highest BCUT2D eigenvalue weighted by molar-refractivity contribution is 5.65. The van der Waals surface area contributed by atoms with Gasteiger partial charge in [-0.05, 0) is 32.3 Å². The summed E-state index contributed by atoms with van der Waals surface area (Å²) >= 11 is 0. The van der Waals surface area contributed by atoms with Crippen LogP contribution in [-0.4, -0.2) is 18.0 Å². The number of aldehydes is 1. The van der Waals surface area contributed by atoms with E-state index < -0.39 is 0 Å². The summed E-state index contributed by atoms with van der Waals surface area (Å²) in [5.41, 5.74) is 1.09. The van der Waals surface area contributed by atoms with E-state index >= 15 is 0 Å². The van der Waals surface area contributed by atoms with E-state index in [-0.39, 0.29) is 6.61 Å². The monoisotopic (exact) mass is 142 g/mol. The van der Waals surface area contributed by atoms with E-state index in [0.717, 1.165) is 31.1 Å². The van der Waals surface area contributed by atoms with Gasteiger partial charge in [0, 0.05) is 6.61 Å². The Kier molecular flexibility index (Phi) is 6.08. The molecule has 0 heterocycles. The second-order valence-corrected chi connectivity index (χ2v) is 2.33. The molecule has 0 aromatic rings. The van der Waals surface area contributed by atoms with Crippen LogP contribution in [0, 0.1) is 0 Å². The second-order valence-electron chi connectivity index (χ2n) is 2.33. The smallest absolute Gasteiger partial charge is 0.142 e. The number of rotatable bonds is 5. The standard InChI is InChI=1S/C8H14O2/c1-8(5-7-10)4-2-3-6-9/h5,7,9H,2-4,6H2,1H3/b8-5+. The zero-order valence-electron chi connectivity index (χ0n) is 6.34. The average molecular weight is 142 g/mol. The first-order valence-electron chi connectivity index (χ1n) is 3.53. The Bertz CT molecular complexity index is 116. The molecule has 0 bridgehead atoms. The SMILES string of the molecule is C/C(=C\C=O)CCCCO. The van der Waals surface area contributed by atoms with Gasteiger partial charge < -0.3 is 5.11 Å². The van der Waals surface area contributed by atoms with Crippen molar-refractivity contribution in [3.63, 3.8) is 0 Å². The number of carbonyl (C=O) groups is 1. The van der Waals surface area contributed by atoms with Gasteiger partial charge in [-0.3, -0.25) is 4.79 Å². The highest BCUT2D eigenvalue weighted by atomic mass is 16.2. The molecule has 0 unspecified atom stereocenters. The number of aliphatic hydroxyl groups is 1. The summed E-state index contributed by atoms with van der Waals surface area (Å²) in [7, 11) is 0. The van der Waals surface area contributed by atoms with Crippen molar-refractivity contribution in [2.75, 3.05) is 6.61 Å². The Labute approximate surface area is 61.6 Å². The third kappa shape index (κ3) is 5.51. The Morgan fingerprint density at radius 1 is 1.50 bits per heavy atom. The molecule has 0 aliphatic carbocycles. The normalized spacial score (nSPS) is 11.6. The average Bonchev–Trinajstić information content (AvgIpc) is 1.89. The topological polar surface area (TPSA) is 37.3 Å². The molecule has 0 spiro atoms. The first-order valence-corrected chi connectivity index (χ1v) is 3.53. The van der Waals surface area contributed by atoms with E-state index in [1.165, 1.54) is 0 Å². The van der Waals surface area contributed by atoms with Crippen LogP contribution in [0.15, 0.2) is 11.6 Å². The van der Waals surface area contributed by atoms with Gasteiger partial charge in [-0.1, -0.05) is 5.57 Å². The van der Waals surface area contributed by atoms with Crippen molar-refractivity contribution in [2.45, 2.75) is 26.2 Å². The number of unbranched alkanes of at least 4 members (excludes halogenated alkanes) is 1. The molecule has 0 aliphatic heterocycles. The fraction of sp³-hybridized carbons (Fsp3) is 0.625. The molecule has 0 aliphatic rings. The van der Waals surface area contributed by atoms with Crippen LogP contribution in [0.5, 0.6) is 0 Å². The lowest BCUT2D eigenvalue weighted by Gasteiger charge is -1.96. The van der Waals surface area contributed by atoms with Crippen LogP contribution in [-0.2, 0) is 4.79 Å². The third-order valence-corrected chi connectivity index (χ3v) is 1.33. The molecule has 2 heteroatoms. The highest BCUT2D eigenvalue weighted by Gasteiger charge is 1.88. The zero-order chi connectivity index (χ0) is 7.82. The molecule has 0 amide bonds. The van der Waals surface area contributed by atoms with Gasteiger partial charge >= 0.3 is 0 Å². The summed E-state index contributed by atoms with van der Waals surface area (Å²) < 4.78 is 0. The maximum Gasteiger partial charge on any atom is 0.142 e. The van der Waals surface area contributed by atoms with Crippen LogP contribution in [0.2, 0.25) is 0 Å². The van der Waals surface area contributed by atoms with Crippen LogP contribution < -0.4 is 0 Å². The summed E-state index contributed by atoms with van der Waals surface area (Å²) in [6.45, 7) is 2.17. The first kappa shape index (κ1) is 9.37. The van der Waals surface area contributed by atoms with Crippen molar-refractivity contribution in [1.82, 2.24) is 0 Å². The number of aliphatic hydroxyl groups excluding tert-OH is 1. The van der Waals surface area contributed by atoms with Gasteiger partial charge in [-0.25, -0.2) is 0 Å². The Balaban J connectivity index is 3.29. The fourth-order valence-corrected chi connectivity index (χ4v) is 0.715. The van der Waals surface area contributed by atoms with Crippen LogP contribution in [0.1, 0.15) is 26.2 Å². The van der Waals surface area contributed by atoms with Crippen LogP contribution in [0.3, 0.4) is 0 Å². The minimum Gasteiger partial charge on any atom is -0.396 e. The molecule has 0 radical (unpaired) electrons. The maximum absolute atomic E-state index is 9.92. The van der Waals surface area contributed by atoms with Crippen molar-refractivity contribution < 1.29 is 9.90 Å². The molecule has 0 rings (SSSR count). The molecular formula is C8H14O2. The molecule has 0 saturated carbocycles. The molecule has 58 valence electrons. The molecule has 0 aromatic heterocycles. The summed E-state index contributed by atoms with van der Waals surface area (Å²) in [4.78, 5) is 9.92. The quantitative estimate of drug-likeness (QED) is 0.357. The first-order chi connectivity index (χ1) is 4.81. The van der Waals surface area contributed by atoms with Crippen LogP contribution >= 0.6 is 0 Å². The number of hydrogen-bond acceptors (Lipinski definition) is 2. The van der Waals surface area contributed by atoms with Gasteiger partial charge in [0.05, 0.1) is 0 Å². The van der Waals surface area contributed by atoms with Crippen molar-refractivity contribution in [1.29, 1.82) is 0 Å². The van der Waals surface area contributed by atoms with Gasteiger partial charge in [0.25, 0.3) is 0 Å². The Morgan fingerprint density at radius 3 is 2.70 bits per heavy atom. The van der Waals surface area contributed by atoms with Crippen molar-refractivity contribution >= 4 is 6.29 Å². The third-order valence-electron chi connectivity index (χ3n) is 1.33. The molecule has 0 atom stereocenters. The van der Waals surface area contributed by atoms with Crippen molar-refractivity contribution in [3.05, 3.63) is 11.6 Å². The van der Waals surface area contributed by atoms with E-state index in [1.54, 1.807) is 6.08 Å². The largest absolute Gasteiger partial charge is 0.396 e. The zero-order valence-corrected chi connectivity index (χ0v) is 6.34. The second kappa shape index (κ2) is 6.49. The Hall–Kier alpha value is -0.630. The fourth-order valence-electron chi connectivity index (χ4n) is 0.715. The van der Waals surface area contributed by atoms with E-state index in [1.807, 2.05) is 6.92 Å². The van der Waals surface area contributed by atoms with Gasteiger partial charge in [-0.15, -0.1) is 0 Å². The van der Waals surface area contributed by atoms with E-state index in [2.05, 4.69) is 0 Å². The van der Waals surface area contributed by atoms with E-state index in [0.29, 0.717) is 0 Å². The van der Waals surface area contributed by atoms with Gasteiger partial charge in [0.1, 0.15) is 6.29 Å². The lowest BCUT2D eigenvalue weighted by atomic mass is 10.1. The van der Waals surface area contributed by atoms with Crippen LogP contribution in [0.25, 0.3) is 0 Å². The molecule has 10 heavy (non-hydrogen) atoms. The predicted octanol–water partition coefficient (Wildman–Crippen LogP) is 1.29. The van der Waals surface area contributed by atoms with Gasteiger partial charge in [0.2, 0.25) is 0 Å². The maximum atomic E-state index is 9.92. The molecule has 2 nitrogen and oxygen atoms in total. The van der Waals surface area contributed by atoms with E-state index in [9.17, 15) is 4.79 Å². The van der Waals surface area contributed by atoms with Crippen LogP contribution in [0.4, 0.5) is 0 Å². The molecule has 0 aromatic carbocycles. The predicted molar refractivity (Wildman–Crippen MR) is 40.8 cm³/mol. The van der Waals surface area contributed by atoms with Gasteiger partial charge in [-0.2, -0.15) is 0 Å². The number of hydrogen-bond donors (Lipinski definition) is 1. The minimum atomic E-state index is 0.244. The van der Waals surface area contributed by atoms with Crippen molar-refractivity contribution in [3.8, 4) is 0 Å². The molecule has 0 fully saturated rings. The number of carbonyl (C=O) groups excluding carboxylic acids is 1. The van der Waals surface area contributed by atoms with Gasteiger partial charge in [0.15, 0.2) is 0 Å². The minimum absolute atomic E-state index is 0.244. The highest BCUT2D eigenvalue weighted by Crippen LogP contribution is 2.04. The summed E-state index contributed by atoms with van der Waals surface area (Å²) in [5, 5.41) is 8.42. The molecule has 1 N–H and O–H groups in total. The number of allylic oxidation sites excluding steroid dienone is 2. The lowest BCUT2D eigenvalue weighted by molar-refractivity contribution is -0.104. The summed E-state index contributed by atoms with van der Waals surface area (Å²) in [6.07, 6.45) is 5.07. The molecular weight excluding hydrogens is 128 g/mol.